The van der Waals surface area contributed by atoms with E-state index in [2.05, 4.69) is 5.32 Å². The summed E-state index contributed by atoms with van der Waals surface area (Å²) in [6.07, 6.45) is 2.78. The third-order valence-corrected chi connectivity index (χ3v) is 7.45. The third kappa shape index (κ3) is 4.13. The van der Waals surface area contributed by atoms with E-state index in [4.69, 9.17) is 0 Å². The van der Waals surface area contributed by atoms with Crippen LogP contribution in [0.5, 0.6) is 0 Å². The quantitative estimate of drug-likeness (QED) is 0.826. The van der Waals surface area contributed by atoms with Crippen LogP contribution in [0, 0.1) is 20.8 Å². The van der Waals surface area contributed by atoms with Gasteiger partial charge in [-0.05, 0) is 75.4 Å². The Morgan fingerprint density at radius 3 is 2.46 bits per heavy atom. The molecule has 1 amide bonds. The van der Waals surface area contributed by atoms with Crippen LogP contribution in [0.2, 0.25) is 0 Å². The topological polar surface area (TPSA) is 66.5 Å². The summed E-state index contributed by atoms with van der Waals surface area (Å²) in [5, 5.41) is 2.93. The first-order chi connectivity index (χ1) is 13.2. The number of benzene rings is 2. The van der Waals surface area contributed by atoms with Crippen molar-refractivity contribution in [2.45, 2.75) is 57.9 Å². The van der Waals surface area contributed by atoms with Crippen LogP contribution >= 0.6 is 0 Å². The van der Waals surface area contributed by atoms with Gasteiger partial charge < -0.3 is 5.32 Å². The first kappa shape index (κ1) is 20.6. The number of sulfonamides is 1. The molecule has 150 valence electrons. The van der Waals surface area contributed by atoms with Gasteiger partial charge in [0, 0.05) is 23.8 Å². The predicted molar refractivity (Wildman–Crippen MR) is 112 cm³/mol. The lowest BCUT2D eigenvalue weighted by Gasteiger charge is -2.32. The summed E-state index contributed by atoms with van der Waals surface area (Å²) in [6.45, 7) is 8.19. The third-order valence-electron chi connectivity index (χ3n) is 5.44. The first-order valence-electron chi connectivity index (χ1n) is 9.71. The molecule has 0 bridgehead atoms. The molecule has 1 N–H and O–H groups in total. The Labute approximate surface area is 167 Å². The zero-order valence-electron chi connectivity index (χ0n) is 17.0. The van der Waals surface area contributed by atoms with E-state index in [0.717, 1.165) is 41.6 Å². The molecule has 2 aromatic rings. The van der Waals surface area contributed by atoms with Crippen molar-refractivity contribution >= 4 is 21.6 Å². The van der Waals surface area contributed by atoms with Crippen molar-refractivity contribution in [2.24, 2.45) is 0 Å². The smallest absolute Gasteiger partial charge is 0.255 e. The minimum atomic E-state index is -3.62. The highest BCUT2D eigenvalue weighted by atomic mass is 32.2. The average molecular weight is 401 g/mol. The fourth-order valence-electron chi connectivity index (χ4n) is 3.63. The second-order valence-electron chi connectivity index (χ2n) is 7.71. The Kier molecular flexibility index (Phi) is 5.91. The molecule has 6 heteroatoms. The lowest BCUT2D eigenvalue weighted by atomic mass is 10.1. The number of nitrogens with zero attached hydrogens (tertiary/aromatic N) is 1. The fraction of sp³-hybridized carbons (Fsp3) is 0.409. The number of nitrogens with one attached hydrogen (secondary N) is 1. The van der Waals surface area contributed by atoms with E-state index >= 15 is 0 Å². The summed E-state index contributed by atoms with van der Waals surface area (Å²) in [5.41, 5.74) is 3.87. The Balaban J connectivity index is 1.93. The molecule has 2 aromatic carbocycles. The Bertz CT molecular complexity index is 999. The molecule has 0 spiro atoms. The maximum atomic E-state index is 13.1. The number of carbonyl (C=O) groups is 1. The normalized spacial score (nSPS) is 18.1. The highest BCUT2D eigenvalue weighted by Crippen LogP contribution is 2.27. The SMILES string of the molecule is Cc1ccc(C)c(NC(=O)c2cc(S(=O)(=O)N3CCCCC3C)ccc2C)c1. The van der Waals surface area contributed by atoms with E-state index in [0.29, 0.717) is 12.1 Å². The second kappa shape index (κ2) is 8.05. The molecule has 28 heavy (non-hydrogen) atoms. The van der Waals surface area contributed by atoms with Crippen LogP contribution in [-0.2, 0) is 10.0 Å². The molecule has 5 nitrogen and oxygen atoms in total. The number of rotatable bonds is 4. The average Bonchev–Trinajstić information content (AvgIpc) is 2.65. The number of aryl methyl sites for hydroxylation is 3. The van der Waals surface area contributed by atoms with Crippen molar-refractivity contribution in [3.05, 3.63) is 58.7 Å². The molecule has 1 fully saturated rings. The Morgan fingerprint density at radius 2 is 1.75 bits per heavy atom. The fourth-order valence-corrected chi connectivity index (χ4v) is 5.36. The number of piperidine rings is 1. The molecular weight excluding hydrogens is 372 g/mol. The molecule has 0 saturated carbocycles. The van der Waals surface area contributed by atoms with Gasteiger partial charge in [0.25, 0.3) is 5.91 Å². The van der Waals surface area contributed by atoms with Gasteiger partial charge in [-0.25, -0.2) is 8.42 Å². The van der Waals surface area contributed by atoms with Gasteiger partial charge in [-0.3, -0.25) is 4.79 Å². The van der Waals surface area contributed by atoms with Crippen molar-refractivity contribution in [3.63, 3.8) is 0 Å². The molecule has 1 aliphatic rings. The molecule has 0 radical (unpaired) electrons. The summed E-state index contributed by atoms with van der Waals surface area (Å²) >= 11 is 0. The molecule has 1 heterocycles. The lowest BCUT2D eigenvalue weighted by Crippen LogP contribution is -2.42. The standard InChI is InChI=1S/C22H28N2O3S/c1-15-8-9-17(3)21(13-15)23-22(25)20-14-19(11-10-16(20)2)28(26,27)24-12-6-5-7-18(24)4/h8-11,13-14,18H,5-7,12H2,1-4H3,(H,23,25). The molecular formula is C22H28N2O3S. The van der Waals surface area contributed by atoms with Crippen LogP contribution in [0.3, 0.4) is 0 Å². The largest absolute Gasteiger partial charge is 0.322 e. The van der Waals surface area contributed by atoms with E-state index in [1.807, 2.05) is 45.9 Å². The number of carbonyl (C=O) groups excluding carboxylic acids is 1. The minimum Gasteiger partial charge on any atom is -0.322 e. The highest BCUT2D eigenvalue weighted by molar-refractivity contribution is 7.89. The van der Waals surface area contributed by atoms with E-state index in [9.17, 15) is 13.2 Å². The van der Waals surface area contributed by atoms with Crippen molar-refractivity contribution in [1.82, 2.24) is 4.31 Å². The van der Waals surface area contributed by atoms with Gasteiger partial charge in [-0.2, -0.15) is 4.31 Å². The zero-order chi connectivity index (χ0) is 20.5. The second-order valence-corrected chi connectivity index (χ2v) is 9.60. The van der Waals surface area contributed by atoms with E-state index < -0.39 is 10.0 Å². The van der Waals surface area contributed by atoms with Crippen LogP contribution in [0.25, 0.3) is 0 Å². The van der Waals surface area contributed by atoms with Crippen LogP contribution in [0.15, 0.2) is 41.3 Å². The van der Waals surface area contributed by atoms with Crippen molar-refractivity contribution in [3.8, 4) is 0 Å². The van der Waals surface area contributed by atoms with Gasteiger partial charge in [0.2, 0.25) is 10.0 Å². The summed E-state index contributed by atoms with van der Waals surface area (Å²) in [4.78, 5) is 13.1. The summed E-state index contributed by atoms with van der Waals surface area (Å²) in [6, 6.07) is 10.7. The Morgan fingerprint density at radius 1 is 1.04 bits per heavy atom. The maximum absolute atomic E-state index is 13.1. The predicted octanol–water partition coefficient (Wildman–Crippen LogP) is 4.43. The molecule has 1 atom stereocenters. The lowest BCUT2D eigenvalue weighted by molar-refractivity contribution is 0.102. The van der Waals surface area contributed by atoms with E-state index in [1.54, 1.807) is 16.4 Å². The van der Waals surface area contributed by atoms with Crippen molar-refractivity contribution in [2.75, 3.05) is 11.9 Å². The minimum absolute atomic E-state index is 0.0210. The van der Waals surface area contributed by atoms with E-state index in [-0.39, 0.29) is 16.8 Å². The molecule has 1 unspecified atom stereocenters. The van der Waals surface area contributed by atoms with Gasteiger partial charge in [-0.1, -0.05) is 24.6 Å². The highest BCUT2D eigenvalue weighted by Gasteiger charge is 2.31. The van der Waals surface area contributed by atoms with Crippen molar-refractivity contribution in [1.29, 1.82) is 0 Å². The van der Waals surface area contributed by atoms with Crippen LogP contribution in [0.4, 0.5) is 5.69 Å². The maximum Gasteiger partial charge on any atom is 0.255 e. The van der Waals surface area contributed by atoms with Crippen molar-refractivity contribution < 1.29 is 13.2 Å². The number of anilines is 1. The number of amides is 1. The zero-order valence-corrected chi connectivity index (χ0v) is 17.8. The van der Waals surface area contributed by atoms with Crippen LogP contribution < -0.4 is 5.32 Å². The van der Waals surface area contributed by atoms with Gasteiger partial charge in [0.05, 0.1) is 4.90 Å². The molecule has 0 aromatic heterocycles. The molecule has 3 rings (SSSR count). The molecule has 0 aliphatic carbocycles. The van der Waals surface area contributed by atoms with Crippen LogP contribution in [-0.4, -0.2) is 31.2 Å². The molecule has 1 aliphatic heterocycles. The summed E-state index contributed by atoms with van der Waals surface area (Å²) in [5.74, 6) is -0.296. The van der Waals surface area contributed by atoms with Gasteiger partial charge >= 0.3 is 0 Å². The van der Waals surface area contributed by atoms with Crippen LogP contribution in [0.1, 0.15) is 53.2 Å². The Hall–Kier alpha value is -2.18. The van der Waals surface area contributed by atoms with Gasteiger partial charge in [0.15, 0.2) is 0 Å². The number of hydrogen-bond acceptors (Lipinski definition) is 3. The summed E-state index contributed by atoms with van der Waals surface area (Å²) < 4.78 is 27.8. The summed E-state index contributed by atoms with van der Waals surface area (Å²) in [7, 11) is -3.62. The molecule has 1 saturated heterocycles. The first-order valence-corrected chi connectivity index (χ1v) is 11.2. The van der Waals surface area contributed by atoms with Gasteiger partial charge in [0.1, 0.15) is 0 Å². The van der Waals surface area contributed by atoms with Gasteiger partial charge in [-0.15, -0.1) is 0 Å². The van der Waals surface area contributed by atoms with E-state index in [1.165, 1.54) is 6.07 Å². The number of hydrogen-bond donors (Lipinski definition) is 1. The monoisotopic (exact) mass is 400 g/mol.